The molecule has 0 fully saturated rings. The molecule has 1 heterocycles. The van der Waals surface area contributed by atoms with Crippen LogP contribution in [-0.4, -0.2) is 16.6 Å². The number of hydrogen-bond donors (Lipinski definition) is 2. The van der Waals surface area contributed by atoms with Gasteiger partial charge in [-0.25, -0.2) is 0 Å². The highest BCUT2D eigenvalue weighted by Gasteiger charge is 2.30. The highest BCUT2D eigenvalue weighted by Crippen LogP contribution is 2.25. The number of halogens is 3. The molecule has 1 aromatic heterocycles. The molecule has 7 heteroatoms. The molecule has 0 amide bonds. The zero-order chi connectivity index (χ0) is 13.9. The van der Waals surface area contributed by atoms with Gasteiger partial charge in [0.1, 0.15) is 5.75 Å². The summed E-state index contributed by atoms with van der Waals surface area (Å²) >= 11 is 0. The van der Waals surface area contributed by atoms with Crippen molar-refractivity contribution in [1.82, 2.24) is 10.2 Å². The molecule has 0 spiro atoms. The second-order valence-electron chi connectivity index (χ2n) is 3.97. The summed E-state index contributed by atoms with van der Waals surface area (Å²) in [5.41, 5.74) is 1.65. The predicted octanol–water partition coefficient (Wildman–Crippen LogP) is 3.48. The summed E-state index contributed by atoms with van der Waals surface area (Å²) in [5.74, 6) is -0.230. The number of aromatic amines is 1. The van der Waals surface area contributed by atoms with E-state index in [1.807, 2.05) is 6.92 Å². The lowest BCUT2D eigenvalue weighted by molar-refractivity contribution is -0.274. The summed E-state index contributed by atoms with van der Waals surface area (Å²) in [6, 6.07) is 5.68. The van der Waals surface area contributed by atoms with Crippen molar-refractivity contribution in [1.29, 1.82) is 0 Å². The Hall–Kier alpha value is -2.18. The summed E-state index contributed by atoms with van der Waals surface area (Å²) < 4.78 is 39.8. The molecular formula is C12H12F3N3O. The summed E-state index contributed by atoms with van der Waals surface area (Å²) in [6.07, 6.45) is -1.35. The molecule has 0 radical (unpaired) electrons. The highest BCUT2D eigenvalue weighted by molar-refractivity contribution is 5.41. The average Bonchev–Trinajstić information content (AvgIpc) is 2.80. The minimum absolute atomic E-state index is 0.0578. The number of ether oxygens (including phenoxy) is 1. The zero-order valence-electron chi connectivity index (χ0n) is 10.0. The Morgan fingerprint density at radius 3 is 2.47 bits per heavy atom. The number of nitrogens with one attached hydrogen (secondary N) is 2. The van der Waals surface area contributed by atoms with Crippen LogP contribution in [0.3, 0.4) is 0 Å². The van der Waals surface area contributed by atoms with Gasteiger partial charge in [-0.3, -0.25) is 5.10 Å². The van der Waals surface area contributed by atoms with Crippen LogP contribution in [0.25, 0.3) is 0 Å². The van der Waals surface area contributed by atoms with Gasteiger partial charge in [-0.1, -0.05) is 12.1 Å². The maximum atomic E-state index is 12.0. The fourth-order valence-electron chi connectivity index (χ4n) is 1.62. The van der Waals surface area contributed by atoms with E-state index < -0.39 is 6.36 Å². The number of benzene rings is 1. The van der Waals surface area contributed by atoms with Gasteiger partial charge in [-0.05, 0) is 24.6 Å². The largest absolute Gasteiger partial charge is 0.573 e. The van der Waals surface area contributed by atoms with E-state index in [9.17, 15) is 13.2 Å². The van der Waals surface area contributed by atoms with Crippen LogP contribution in [0.1, 0.15) is 18.5 Å². The average molecular weight is 271 g/mol. The van der Waals surface area contributed by atoms with E-state index >= 15 is 0 Å². The number of H-pyrrole nitrogens is 1. The minimum Gasteiger partial charge on any atom is -0.406 e. The maximum absolute atomic E-state index is 12.0. The number of nitrogens with zero attached hydrogens (tertiary/aromatic N) is 1. The van der Waals surface area contributed by atoms with E-state index in [1.165, 1.54) is 12.1 Å². The quantitative estimate of drug-likeness (QED) is 0.895. The van der Waals surface area contributed by atoms with Crippen LogP contribution >= 0.6 is 0 Å². The van der Waals surface area contributed by atoms with Gasteiger partial charge >= 0.3 is 6.36 Å². The van der Waals surface area contributed by atoms with E-state index in [0.717, 1.165) is 11.3 Å². The van der Waals surface area contributed by atoms with Gasteiger partial charge in [0.2, 0.25) is 0 Å². The van der Waals surface area contributed by atoms with Crippen LogP contribution in [0.15, 0.2) is 36.7 Å². The molecule has 102 valence electrons. The third kappa shape index (κ3) is 3.90. The van der Waals surface area contributed by atoms with Crippen molar-refractivity contribution in [2.45, 2.75) is 19.3 Å². The van der Waals surface area contributed by atoms with Gasteiger partial charge < -0.3 is 10.1 Å². The second-order valence-corrected chi connectivity index (χ2v) is 3.97. The normalized spacial score (nSPS) is 13.1. The third-order valence-electron chi connectivity index (χ3n) is 2.50. The van der Waals surface area contributed by atoms with Gasteiger partial charge in [0.05, 0.1) is 11.9 Å². The van der Waals surface area contributed by atoms with E-state index in [-0.39, 0.29) is 11.8 Å². The lowest BCUT2D eigenvalue weighted by atomic mass is 10.1. The van der Waals surface area contributed by atoms with Crippen molar-refractivity contribution in [2.24, 2.45) is 0 Å². The number of anilines is 1. The lowest BCUT2D eigenvalue weighted by Gasteiger charge is -2.15. The molecule has 4 nitrogen and oxygen atoms in total. The summed E-state index contributed by atoms with van der Waals surface area (Å²) in [6.45, 7) is 1.90. The summed E-state index contributed by atoms with van der Waals surface area (Å²) in [7, 11) is 0. The van der Waals surface area contributed by atoms with Crippen LogP contribution in [-0.2, 0) is 0 Å². The van der Waals surface area contributed by atoms with E-state index in [1.54, 1.807) is 24.5 Å². The van der Waals surface area contributed by atoms with Crippen LogP contribution in [0.4, 0.5) is 18.9 Å². The molecule has 0 aliphatic carbocycles. The molecule has 0 saturated heterocycles. The molecule has 0 aliphatic heterocycles. The van der Waals surface area contributed by atoms with Gasteiger partial charge in [-0.2, -0.15) is 5.10 Å². The minimum atomic E-state index is -4.66. The molecule has 0 saturated carbocycles. The van der Waals surface area contributed by atoms with Gasteiger partial charge in [-0.15, -0.1) is 13.2 Å². The Balaban J connectivity index is 2.01. The van der Waals surface area contributed by atoms with Crippen molar-refractivity contribution in [3.63, 3.8) is 0 Å². The molecular weight excluding hydrogens is 259 g/mol. The molecule has 0 aliphatic rings. The first-order valence-electron chi connectivity index (χ1n) is 5.55. The van der Waals surface area contributed by atoms with Gasteiger partial charge in [0, 0.05) is 12.2 Å². The molecule has 2 aromatic rings. The topological polar surface area (TPSA) is 49.9 Å². The second kappa shape index (κ2) is 5.21. The highest BCUT2D eigenvalue weighted by atomic mass is 19.4. The zero-order valence-corrected chi connectivity index (χ0v) is 10.0. The number of alkyl halides is 3. The first-order chi connectivity index (χ1) is 8.94. The SMILES string of the molecule is CC(Nc1cn[nH]c1)c1ccc(OC(F)(F)F)cc1. The Morgan fingerprint density at radius 2 is 1.95 bits per heavy atom. The number of hydrogen-bond acceptors (Lipinski definition) is 3. The monoisotopic (exact) mass is 271 g/mol. The van der Waals surface area contributed by atoms with Crippen molar-refractivity contribution < 1.29 is 17.9 Å². The fraction of sp³-hybridized carbons (Fsp3) is 0.250. The summed E-state index contributed by atoms with van der Waals surface area (Å²) in [5, 5.41) is 9.60. The maximum Gasteiger partial charge on any atom is 0.573 e. The smallest absolute Gasteiger partial charge is 0.406 e. The first-order valence-corrected chi connectivity index (χ1v) is 5.55. The Morgan fingerprint density at radius 1 is 1.26 bits per heavy atom. The van der Waals surface area contributed by atoms with Crippen LogP contribution in [0, 0.1) is 0 Å². The van der Waals surface area contributed by atoms with E-state index in [0.29, 0.717) is 0 Å². The van der Waals surface area contributed by atoms with Crippen molar-refractivity contribution >= 4 is 5.69 Å². The Labute approximate surface area is 107 Å². The molecule has 2 N–H and O–H groups in total. The molecule has 19 heavy (non-hydrogen) atoms. The van der Waals surface area contributed by atoms with Crippen molar-refractivity contribution in [3.8, 4) is 5.75 Å². The molecule has 1 aromatic carbocycles. The first kappa shape index (κ1) is 13.3. The van der Waals surface area contributed by atoms with Gasteiger partial charge in [0.15, 0.2) is 0 Å². The number of aromatic nitrogens is 2. The van der Waals surface area contributed by atoms with E-state index in [2.05, 4.69) is 20.3 Å². The Kier molecular flexibility index (Phi) is 3.64. The molecule has 1 unspecified atom stereocenters. The third-order valence-corrected chi connectivity index (χ3v) is 2.50. The predicted molar refractivity (Wildman–Crippen MR) is 63.8 cm³/mol. The lowest BCUT2D eigenvalue weighted by Crippen LogP contribution is -2.17. The van der Waals surface area contributed by atoms with Crippen molar-refractivity contribution in [3.05, 3.63) is 42.2 Å². The Bertz CT molecular complexity index is 508. The molecule has 2 rings (SSSR count). The van der Waals surface area contributed by atoms with Crippen LogP contribution in [0.5, 0.6) is 5.75 Å². The molecule has 0 bridgehead atoms. The van der Waals surface area contributed by atoms with Gasteiger partial charge in [0.25, 0.3) is 0 Å². The summed E-state index contributed by atoms with van der Waals surface area (Å²) in [4.78, 5) is 0. The fourth-order valence-corrected chi connectivity index (χ4v) is 1.62. The number of rotatable bonds is 4. The van der Waals surface area contributed by atoms with Crippen LogP contribution < -0.4 is 10.1 Å². The van der Waals surface area contributed by atoms with Crippen LogP contribution in [0.2, 0.25) is 0 Å². The standard InChI is InChI=1S/C12H12F3N3O/c1-8(18-10-6-16-17-7-10)9-2-4-11(5-3-9)19-12(13,14)15/h2-8,18H,1H3,(H,16,17). The van der Waals surface area contributed by atoms with E-state index in [4.69, 9.17) is 0 Å². The van der Waals surface area contributed by atoms with Crippen molar-refractivity contribution in [2.75, 3.05) is 5.32 Å². The molecule has 1 atom stereocenters.